The van der Waals surface area contributed by atoms with Gasteiger partial charge in [0.05, 0.1) is 40.4 Å². The predicted molar refractivity (Wildman–Crippen MR) is 143 cm³/mol. The number of pyridine rings is 1. The number of rotatable bonds is 7. The summed E-state index contributed by atoms with van der Waals surface area (Å²) in [5.41, 5.74) is 1.64. The van der Waals surface area contributed by atoms with Gasteiger partial charge < -0.3 is 9.47 Å². The number of benzene rings is 2. The van der Waals surface area contributed by atoms with Gasteiger partial charge in [-0.3, -0.25) is 9.78 Å². The molecule has 0 spiro atoms. The summed E-state index contributed by atoms with van der Waals surface area (Å²) in [6.45, 7) is 0.911. The lowest BCUT2D eigenvalue weighted by Crippen LogP contribution is -2.29. The Bertz CT molecular complexity index is 1390. The summed E-state index contributed by atoms with van der Waals surface area (Å²) in [5.74, 6) is -0.407. The summed E-state index contributed by atoms with van der Waals surface area (Å²) in [6.07, 6.45) is -3.18. The van der Waals surface area contributed by atoms with Gasteiger partial charge in [-0.2, -0.15) is 13.2 Å². The molecule has 2 heterocycles. The van der Waals surface area contributed by atoms with E-state index >= 15 is 0 Å². The molecule has 0 saturated carbocycles. The Morgan fingerprint density at radius 2 is 1.62 bits per heavy atom. The van der Waals surface area contributed by atoms with Crippen LogP contribution < -0.4 is 0 Å². The quantitative estimate of drug-likeness (QED) is 0.215. The first kappa shape index (κ1) is 26.9. The maximum absolute atomic E-state index is 14.0. The molecule has 10 heteroatoms. The molecule has 2 aromatic carbocycles. The van der Waals surface area contributed by atoms with E-state index in [0.717, 1.165) is 20.5 Å². The SMILES string of the molecule is CN(C)CCN(Cl)C(=O)c1ccc(-c2ccc(-c3ccc(Br)cc3)n2-c2ccccc2C(F)(F)F)nc1. The summed E-state index contributed by atoms with van der Waals surface area (Å²) in [7, 11) is 3.75. The number of alkyl halides is 3. The molecule has 5 nitrogen and oxygen atoms in total. The summed E-state index contributed by atoms with van der Waals surface area (Å²) in [6, 6.07) is 19.4. The molecule has 0 atom stereocenters. The molecule has 0 N–H and O–H groups in total. The largest absolute Gasteiger partial charge is 0.418 e. The molecule has 0 aliphatic carbocycles. The minimum absolute atomic E-state index is 0.0227. The highest BCUT2D eigenvalue weighted by atomic mass is 79.9. The van der Waals surface area contributed by atoms with Gasteiger partial charge in [0.15, 0.2) is 0 Å². The van der Waals surface area contributed by atoms with Gasteiger partial charge in [0.25, 0.3) is 5.91 Å². The van der Waals surface area contributed by atoms with Crippen molar-refractivity contribution in [1.29, 1.82) is 0 Å². The molecule has 0 bridgehead atoms. The second-order valence-corrected chi connectivity index (χ2v) is 9.91. The van der Waals surface area contributed by atoms with Gasteiger partial charge in [-0.25, -0.2) is 4.42 Å². The van der Waals surface area contributed by atoms with Crippen molar-refractivity contribution < 1.29 is 18.0 Å². The minimum Gasteiger partial charge on any atom is -0.308 e. The number of hydrogen-bond acceptors (Lipinski definition) is 3. The summed E-state index contributed by atoms with van der Waals surface area (Å²) >= 11 is 9.53. The lowest BCUT2D eigenvalue weighted by Gasteiger charge is -2.19. The van der Waals surface area contributed by atoms with Crippen molar-refractivity contribution in [2.75, 3.05) is 27.2 Å². The molecule has 1 amide bonds. The van der Waals surface area contributed by atoms with E-state index in [4.69, 9.17) is 11.8 Å². The number of aromatic nitrogens is 2. The zero-order valence-electron chi connectivity index (χ0n) is 20.0. The van der Waals surface area contributed by atoms with Gasteiger partial charge in [-0.15, -0.1) is 0 Å². The molecular formula is C27H23BrClF3N4O. The second-order valence-electron chi connectivity index (χ2n) is 8.59. The van der Waals surface area contributed by atoms with Gasteiger partial charge in [0.2, 0.25) is 0 Å². The van der Waals surface area contributed by atoms with Crippen molar-refractivity contribution in [3.63, 3.8) is 0 Å². The second kappa shape index (κ2) is 11.1. The van der Waals surface area contributed by atoms with E-state index in [9.17, 15) is 18.0 Å². The minimum atomic E-state index is -4.56. The summed E-state index contributed by atoms with van der Waals surface area (Å²) in [5, 5.41) is 0. The Kier molecular flexibility index (Phi) is 8.06. The highest BCUT2D eigenvalue weighted by Crippen LogP contribution is 2.39. The monoisotopic (exact) mass is 590 g/mol. The van der Waals surface area contributed by atoms with Crippen molar-refractivity contribution in [3.05, 3.63) is 94.6 Å². The Morgan fingerprint density at radius 1 is 0.946 bits per heavy atom. The van der Waals surface area contributed by atoms with Crippen LogP contribution in [0.25, 0.3) is 28.3 Å². The van der Waals surface area contributed by atoms with Gasteiger partial charge in [0, 0.05) is 29.0 Å². The third-order valence-electron chi connectivity index (χ3n) is 5.71. The van der Waals surface area contributed by atoms with Crippen LogP contribution in [0.1, 0.15) is 15.9 Å². The molecule has 0 radical (unpaired) electrons. The highest BCUT2D eigenvalue weighted by molar-refractivity contribution is 9.10. The van der Waals surface area contributed by atoms with E-state index in [1.54, 1.807) is 34.9 Å². The number of likely N-dealkylation sites (N-methyl/N-ethyl adjacent to an activating group) is 1. The fourth-order valence-corrected chi connectivity index (χ4v) is 4.29. The molecule has 4 rings (SSSR count). The fourth-order valence-electron chi connectivity index (χ4n) is 3.85. The van der Waals surface area contributed by atoms with Crippen LogP contribution in [-0.4, -0.2) is 52.0 Å². The predicted octanol–water partition coefficient (Wildman–Crippen LogP) is 7.15. The summed E-state index contributed by atoms with van der Waals surface area (Å²) < 4.78 is 45.5. The number of amides is 1. The average Bonchev–Trinajstić information content (AvgIpc) is 3.32. The maximum Gasteiger partial charge on any atom is 0.418 e. The standard InChI is InChI=1S/C27H23BrClF3N4O/c1-34(2)15-16-35(29)26(37)19-9-12-22(33-17-19)25-14-13-23(18-7-10-20(28)11-8-18)36(25)24-6-4-3-5-21(24)27(30,31)32/h3-14,17H,15-16H2,1-2H3. The van der Waals surface area contributed by atoms with Crippen LogP contribution in [0.5, 0.6) is 0 Å². The van der Waals surface area contributed by atoms with Crippen LogP contribution in [0.4, 0.5) is 13.2 Å². The van der Waals surface area contributed by atoms with Crippen molar-refractivity contribution in [2.45, 2.75) is 6.18 Å². The molecule has 4 aromatic rings. The number of para-hydroxylation sites is 1. The number of carbonyl (C=O) groups is 1. The number of hydrogen-bond donors (Lipinski definition) is 0. The zero-order chi connectivity index (χ0) is 26.7. The third-order valence-corrected chi connectivity index (χ3v) is 6.56. The lowest BCUT2D eigenvalue weighted by atomic mass is 10.1. The van der Waals surface area contributed by atoms with Crippen LogP contribution in [0.15, 0.2) is 83.5 Å². The molecular weight excluding hydrogens is 569 g/mol. The first-order valence-electron chi connectivity index (χ1n) is 11.3. The molecule has 37 heavy (non-hydrogen) atoms. The van der Waals surface area contributed by atoms with Gasteiger partial charge in [-0.1, -0.05) is 40.2 Å². The number of carbonyl (C=O) groups excluding carboxylic acids is 1. The van der Waals surface area contributed by atoms with Crippen LogP contribution in [0.3, 0.4) is 0 Å². The van der Waals surface area contributed by atoms with Crippen molar-refractivity contribution >= 4 is 33.6 Å². The molecule has 0 aliphatic rings. The van der Waals surface area contributed by atoms with Gasteiger partial charge in [0.1, 0.15) is 0 Å². The molecule has 0 unspecified atom stereocenters. The number of halogens is 5. The van der Waals surface area contributed by atoms with E-state index in [1.165, 1.54) is 18.3 Å². The number of nitrogens with zero attached hydrogens (tertiary/aromatic N) is 4. The molecule has 2 aromatic heterocycles. The molecule has 0 saturated heterocycles. The van der Waals surface area contributed by atoms with Crippen LogP contribution >= 0.6 is 27.7 Å². The van der Waals surface area contributed by atoms with Gasteiger partial charge >= 0.3 is 6.18 Å². The molecule has 192 valence electrons. The average molecular weight is 592 g/mol. The van der Waals surface area contributed by atoms with Crippen molar-refractivity contribution in [3.8, 4) is 28.3 Å². The van der Waals surface area contributed by atoms with Crippen molar-refractivity contribution in [2.24, 2.45) is 0 Å². The van der Waals surface area contributed by atoms with E-state index in [1.807, 2.05) is 43.3 Å². The Balaban J connectivity index is 1.80. The van der Waals surface area contributed by atoms with E-state index in [0.29, 0.717) is 30.2 Å². The maximum atomic E-state index is 14.0. The zero-order valence-corrected chi connectivity index (χ0v) is 22.3. The smallest absolute Gasteiger partial charge is 0.308 e. The van der Waals surface area contributed by atoms with E-state index in [-0.39, 0.29) is 11.3 Å². The van der Waals surface area contributed by atoms with Gasteiger partial charge in [-0.05, 0) is 68.2 Å². The first-order valence-corrected chi connectivity index (χ1v) is 12.4. The molecule has 0 fully saturated rings. The van der Waals surface area contributed by atoms with Crippen LogP contribution in [0, 0.1) is 0 Å². The Hall–Kier alpha value is -3.14. The Morgan fingerprint density at radius 3 is 2.24 bits per heavy atom. The fraction of sp³-hybridized carbons (Fsp3) is 0.185. The Labute approximate surface area is 226 Å². The summed E-state index contributed by atoms with van der Waals surface area (Å²) in [4.78, 5) is 19.0. The topological polar surface area (TPSA) is 41.4 Å². The first-order chi connectivity index (χ1) is 17.6. The van der Waals surface area contributed by atoms with Crippen molar-refractivity contribution in [1.82, 2.24) is 18.9 Å². The van der Waals surface area contributed by atoms with Crippen LogP contribution in [-0.2, 0) is 6.18 Å². The van der Waals surface area contributed by atoms with Crippen LogP contribution in [0.2, 0.25) is 0 Å². The van der Waals surface area contributed by atoms with E-state index < -0.39 is 17.6 Å². The third kappa shape index (κ3) is 6.06. The normalized spacial score (nSPS) is 11.7. The highest BCUT2D eigenvalue weighted by Gasteiger charge is 2.34. The van der Waals surface area contributed by atoms with E-state index in [2.05, 4.69) is 20.9 Å². The molecule has 0 aliphatic heterocycles. The lowest BCUT2D eigenvalue weighted by molar-refractivity contribution is -0.137.